The maximum absolute atomic E-state index is 8.78. The van der Waals surface area contributed by atoms with Crippen molar-refractivity contribution < 1.29 is 7.31 Å². The fraction of sp³-hybridized carbons (Fsp3) is 0.400. The topological polar surface area (TPSA) is 3.88 Å². The first-order chi connectivity index (χ1) is 13.3. The predicted octanol–water partition coefficient (Wildman–Crippen LogP) is 6.22. The summed E-state index contributed by atoms with van der Waals surface area (Å²) >= 11 is 0. The lowest BCUT2D eigenvalue weighted by atomic mass is 9.91. The lowest BCUT2D eigenvalue weighted by Crippen LogP contribution is -2.35. The molecule has 1 heterocycles. The van der Waals surface area contributed by atoms with Crippen LogP contribution >= 0.6 is 0 Å². The summed E-state index contributed by atoms with van der Waals surface area (Å²) in [5.74, 6) is 0.635. The number of nitrogens with zero attached hydrogens (tertiary/aromatic N) is 1. The first-order valence-electron chi connectivity index (χ1n) is 10.8. The van der Waals surface area contributed by atoms with Crippen LogP contribution in [0.5, 0.6) is 0 Å². The largest absolute Gasteiger partial charge is 0.220 e. The molecule has 1 aliphatic carbocycles. The van der Waals surface area contributed by atoms with E-state index in [4.69, 9.17) is 2.74 Å². The summed E-state index contributed by atoms with van der Waals surface area (Å²) in [6.07, 6.45) is 5.15. The Balaban J connectivity index is 2.07. The molecule has 0 radical (unpaired) electrons. The van der Waals surface area contributed by atoms with Gasteiger partial charge in [-0.1, -0.05) is 36.6 Å². The third-order valence-electron chi connectivity index (χ3n) is 6.24. The number of aryl methyl sites for hydroxylation is 2. The van der Waals surface area contributed by atoms with Crippen LogP contribution in [-0.4, -0.2) is 0 Å². The SMILES string of the molecule is [2H]c1c(C)cc(C)c(C)c1-c1c2ccc(C3CCCC3)cc2c([2H])c(C)[n+]1C. The molecule has 1 saturated carbocycles. The monoisotopic (exact) mass is 346 g/mol. The summed E-state index contributed by atoms with van der Waals surface area (Å²) in [6.45, 7) is 8.28. The van der Waals surface area contributed by atoms with Crippen LogP contribution in [0.3, 0.4) is 0 Å². The lowest BCUT2D eigenvalue weighted by molar-refractivity contribution is -0.665. The molecule has 0 saturated heterocycles. The van der Waals surface area contributed by atoms with Gasteiger partial charge in [-0.05, 0) is 73.7 Å². The van der Waals surface area contributed by atoms with E-state index >= 15 is 0 Å². The highest BCUT2D eigenvalue weighted by Crippen LogP contribution is 2.37. The van der Waals surface area contributed by atoms with Crippen molar-refractivity contribution in [1.82, 2.24) is 0 Å². The van der Waals surface area contributed by atoms with Gasteiger partial charge in [-0.3, -0.25) is 0 Å². The molecular weight excluding hydrogens is 314 g/mol. The normalized spacial score (nSPS) is 16.2. The maximum atomic E-state index is 8.78. The van der Waals surface area contributed by atoms with Crippen molar-refractivity contribution in [2.24, 2.45) is 7.05 Å². The van der Waals surface area contributed by atoms with Crippen molar-refractivity contribution in [3.63, 3.8) is 0 Å². The molecule has 1 aliphatic rings. The van der Waals surface area contributed by atoms with Crippen molar-refractivity contribution in [1.29, 1.82) is 0 Å². The Morgan fingerprint density at radius 3 is 2.46 bits per heavy atom. The minimum Gasteiger partial charge on any atom is -0.198 e. The molecule has 2 aromatic carbocycles. The highest BCUT2D eigenvalue weighted by atomic mass is 14.9. The van der Waals surface area contributed by atoms with E-state index in [9.17, 15) is 0 Å². The van der Waals surface area contributed by atoms with Crippen molar-refractivity contribution >= 4 is 10.8 Å². The minimum atomic E-state index is 0.594. The molecule has 1 nitrogen and oxygen atoms in total. The van der Waals surface area contributed by atoms with Gasteiger partial charge >= 0.3 is 0 Å². The summed E-state index contributed by atoms with van der Waals surface area (Å²) in [4.78, 5) is 0. The molecule has 4 rings (SSSR count). The van der Waals surface area contributed by atoms with Crippen molar-refractivity contribution in [2.45, 2.75) is 59.3 Å². The van der Waals surface area contributed by atoms with Gasteiger partial charge in [0.25, 0.3) is 0 Å². The fourth-order valence-corrected chi connectivity index (χ4v) is 4.51. The third kappa shape index (κ3) is 2.84. The van der Waals surface area contributed by atoms with Crippen LogP contribution in [0.15, 0.2) is 36.4 Å². The first kappa shape index (κ1) is 15.0. The van der Waals surface area contributed by atoms with E-state index in [2.05, 4.69) is 42.7 Å². The predicted molar refractivity (Wildman–Crippen MR) is 111 cm³/mol. The number of hydrogen-bond donors (Lipinski definition) is 0. The summed E-state index contributed by atoms with van der Waals surface area (Å²) in [5, 5.41) is 2.11. The Hall–Kier alpha value is -2.15. The van der Waals surface area contributed by atoms with E-state index in [1.54, 1.807) is 0 Å². The number of benzene rings is 2. The number of hydrogen-bond acceptors (Lipinski definition) is 0. The first-order valence-corrected chi connectivity index (χ1v) is 9.81. The van der Waals surface area contributed by atoms with Gasteiger partial charge in [0.2, 0.25) is 5.69 Å². The van der Waals surface area contributed by atoms with Crippen LogP contribution in [0.2, 0.25) is 0 Å². The standard InChI is InChI=1S/C25H30N/c1-16-12-17(2)19(4)24(13-16)25-23-11-10-21(20-8-6-7-9-20)15-22(23)14-18(3)26(25)5/h10-15,20H,6-9H2,1-5H3/q+1/i13D,14D. The molecule has 0 unspecified atom stereocenters. The smallest absolute Gasteiger partial charge is 0.198 e. The molecule has 3 aromatic rings. The van der Waals surface area contributed by atoms with Gasteiger partial charge in [-0.2, -0.15) is 4.57 Å². The number of pyridine rings is 1. The Morgan fingerprint density at radius 1 is 1.00 bits per heavy atom. The average Bonchev–Trinajstić information content (AvgIpc) is 3.22. The van der Waals surface area contributed by atoms with Crippen LogP contribution < -0.4 is 4.57 Å². The van der Waals surface area contributed by atoms with E-state index in [0.29, 0.717) is 18.0 Å². The molecule has 1 heteroatoms. The van der Waals surface area contributed by atoms with Crippen molar-refractivity contribution in [3.05, 3.63) is 64.3 Å². The number of fused-ring (bicyclic) bond motifs is 1. The Bertz CT molecular complexity index is 1070. The van der Waals surface area contributed by atoms with Crippen LogP contribution in [0.25, 0.3) is 22.0 Å². The molecule has 0 amide bonds. The molecule has 1 fully saturated rings. The van der Waals surface area contributed by atoms with E-state index in [0.717, 1.165) is 38.9 Å². The van der Waals surface area contributed by atoms with Crippen LogP contribution in [-0.2, 0) is 7.05 Å². The molecular formula is C25H30N+. The zero-order valence-electron chi connectivity index (χ0n) is 18.7. The molecule has 0 bridgehead atoms. The van der Waals surface area contributed by atoms with E-state index < -0.39 is 0 Å². The Kier molecular flexibility index (Phi) is 3.76. The van der Waals surface area contributed by atoms with Gasteiger partial charge in [0.05, 0.1) is 13.7 Å². The van der Waals surface area contributed by atoms with E-state index in [-0.39, 0.29) is 0 Å². The summed E-state index contributed by atoms with van der Waals surface area (Å²) in [5.41, 5.74) is 7.76. The van der Waals surface area contributed by atoms with Crippen LogP contribution in [0.4, 0.5) is 0 Å². The van der Waals surface area contributed by atoms with Crippen LogP contribution in [0.1, 0.15) is 62.3 Å². The highest BCUT2D eigenvalue weighted by Gasteiger charge is 2.22. The molecule has 26 heavy (non-hydrogen) atoms. The zero-order chi connectivity index (χ0) is 20.2. The second-order valence-electron chi connectivity index (χ2n) is 8.04. The van der Waals surface area contributed by atoms with E-state index in [1.165, 1.54) is 36.8 Å². The Morgan fingerprint density at radius 2 is 1.73 bits per heavy atom. The molecule has 0 N–H and O–H groups in total. The summed E-state index contributed by atoms with van der Waals surface area (Å²) in [7, 11) is 2.03. The zero-order valence-corrected chi connectivity index (χ0v) is 16.7. The molecule has 1 aromatic heterocycles. The molecule has 134 valence electrons. The second-order valence-corrected chi connectivity index (χ2v) is 8.04. The third-order valence-corrected chi connectivity index (χ3v) is 6.24. The van der Waals surface area contributed by atoms with Crippen molar-refractivity contribution in [3.8, 4) is 11.3 Å². The van der Waals surface area contributed by atoms with E-state index in [1.807, 2.05) is 20.9 Å². The number of rotatable bonds is 2. The van der Waals surface area contributed by atoms with Gasteiger partial charge in [0.15, 0.2) is 5.69 Å². The number of aromatic nitrogens is 1. The lowest BCUT2D eigenvalue weighted by Gasteiger charge is -2.15. The van der Waals surface area contributed by atoms with Gasteiger partial charge in [0, 0.05) is 13.0 Å². The summed E-state index contributed by atoms with van der Waals surface area (Å²) < 4.78 is 19.7. The average molecular weight is 347 g/mol. The highest BCUT2D eigenvalue weighted by molar-refractivity contribution is 5.94. The van der Waals surface area contributed by atoms with Crippen molar-refractivity contribution in [2.75, 3.05) is 0 Å². The molecule has 0 spiro atoms. The Labute approximate surface area is 160 Å². The van der Waals surface area contributed by atoms with Crippen LogP contribution in [0, 0.1) is 27.7 Å². The molecule has 0 atom stereocenters. The van der Waals surface area contributed by atoms with Gasteiger partial charge in [-0.15, -0.1) is 0 Å². The maximum Gasteiger partial charge on any atom is 0.220 e. The van der Waals surface area contributed by atoms with Gasteiger partial charge in [0.1, 0.15) is 7.05 Å². The fourth-order valence-electron chi connectivity index (χ4n) is 4.51. The second kappa shape index (κ2) is 6.54. The quantitative estimate of drug-likeness (QED) is 0.485. The van der Waals surface area contributed by atoms with Gasteiger partial charge < -0.3 is 0 Å². The van der Waals surface area contributed by atoms with Gasteiger partial charge in [-0.25, -0.2) is 0 Å². The summed E-state index contributed by atoms with van der Waals surface area (Å²) in [6, 6.07) is 10.0. The molecule has 0 aliphatic heterocycles. The minimum absolute atomic E-state index is 0.594.